The molecule has 0 saturated carbocycles. The van der Waals surface area contributed by atoms with E-state index in [9.17, 15) is 4.39 Å². The predicted molar refractivity (Wildman–Crippen MR) is 75.6 cm³/mol. The summed E-state index contributed by atoms with van der Waals surface area (Å²) in [5.41, 5.74) is 3.44. The van der Waals surface area contributed by atoms with Crippen LogP contribution in [0.4, 0.5) is 4.39 Å². The van der Waals surface area contributed by atoms with Crippen LogP contribution in [-0.4, -0.2) is 31.5 Å². The van der Waals surface area contributed by atoms with Crippen molar-refractivity contribution >= 4 is 0 Å². The van der Waals surface area contributed by atoms with Gasteiger partial charge in [0, 0.05) is 32.7 Å². The fourth-order valence-corrected chi connectivity index (χ4v) is 2.89. The van der Waals surface area contributed by atoms with Gasteiger partial charge in [0.1, 0.15) is 5.82 Å². The highest BCUT2D eigenvalue weighted by atomic mass is 19.1. The monoisotopic (exact) mass is 282 g/mol. The molecule has 0 spiro atoms. The second-order valence-corrected chi connectivity index (χ2v) is 5.16. The SMILES string of the molecule is CCOC1(C(Cc2cccc(F)c2)NN)CCOCC1. The molecule has 3 N–H and O–H groups in total. The third-order valence-electron chi connectivity index (χ3n) is 3.94. The second-order valence-electron chi connectivity index (χ2n) is 5.16. The third-order valence-corrected chi connectivity index (χ3v) is 3.94. The van der Waals surface area contributed by atoms with Crippen molar-refractivity contribution in [1.82, 2.24) is 5.43 Å². The summed E-state index contributed by atoms with van der Waals surface area (Å²) < 4.78 is 24.7. The van der Waals surface area contributed by atoms with Crippen LogP contribution >= 0.6 is 0 Å². The molecule has 2 rings (SSSR count). The summed E-state index contributed by atoms with van der Waals surface area (Å²) in [4.78, 5) is 0. The van der Waals surface area contributed by atoms with Gasteiger partial charge in [0.25, 0.3) is 0 Å². The van der Waals surface area contributed by atoms with Crippen LogP contribution < -0.4 is 11.3 Å². The number of halogens is 1. The zero-order chi connectivity index (χ0) is 14.4. The topological polar surface area (TPSA) is 56.5 Å². The lowest BCUT2D eigenvalue weighted by Gasteiger charge is -2.42. The molecule has 1 aliphatic rings. The Labute approximate surface area is 119 Å². The van der Waals surface area contributed by atoms with Crippen LogP contribution in [0.1, 0.15) is 25.3 Å². The molecular formula is C15H23FN2O2. The maximum absolute atomic E-state index is 13.3. The first-order chi connectivity index (χ1) is 9.70. The molecule has 1 aliphatic heterocycles. The fourth-order valence-electron chi connectivity index (χ4n) is 2.89. The van der Waals surface area contributed by atoms with E-state index < -0.39 is 0 Å². The van der Waals surface area contributed by atoms with Gasteiger partial charge in [-0.1, -0.05) is 12.1 Å². The van der Waals surface area contributed by atoms with Gasteiger partial charge in [-0.25, -0.2) is 4.39 Å². The van der Waals surface area contributed by atoms with Gasteiger partial charge >= 0.3 is 0 Å². The lowest BCUT2D eigenvalue weighted by Crippen LogP contribution is -2.58. The van der Waals surface area contributed by atoms with Crippen molar-refractivity contribution in [2.24, 2.45) is 5.84 Å². The molecule has 1 atom stereocenters. The smallest absolute Gasteiger partial charge is 0.123 e. The zero-order valence-electron chi connectivity index (χ0n) is 11.9. The van der Waals surface area contributed by atoms with E-state index in [1.54, 1.807) is 12.1 Å². The van der Waals surface area contributed by atoms with Crippen molar-refractivity contribution < 1.29 is 13.9 Å². The van der Waals surface area contributed by atoms with Gasteiger partial charge in [-0.15, -0.1) is 0 Å². The maximum Gasteiger partial charge on any atom is 0.123 e. The maximum atomic E-state index is 13.3. The van der Waals surface area contributed by atoms with Gasteiger partial charge in [0.15, 0.2) is 0 Å². The average Bonchev–Trinajstić information content (AvgIpc) is 2.46. The van der Waals surface area contributed by atoms with Crippen molar-refractivity contribution in [1.29, 1.82) is 0 Å². The summed E-state index contributed by atoms with van der Waals surface area (Å²) in [6.07, 6.45) is 2.23. The summed E-state index contributed by atoms with van der Waals surface area (Å²) in [5, 5.41) is 0. The number of hydrogen-bond donors (Lipinski definition) is 2. The van der Waals surface area contributed by atoms with E-state index in [0.717, 1.165) is 18.4 Å². The molecule has 112 valence electrons. The van der Waals surface area contributed by atoms with Crippen molar-refractivity contribution in [3.05, 3.63) is 35.6 Å². The first kappa shape index (κ1) is 15.4. The molecule has 0 amide bonds. The lowest BCUT2D eigenvalue weighted by molar-refractivity contribution is -0.126. The Balaban J connectivity index is 2.15. The van der Waals surface area contributed by atoms with Crippen LogP contribution in [0.5, 0.6) is 0 Å². The number of ether oxygens (including phenoxy) is 2. The quantitative estimate of drug-likeness (QED) is 0.617. The van der Waals surface area contributed by atoms with Crippen LogP contribution in [-0.2, 0) is 15.9 Å². The standard InChI is InChI=1S/C15H23FN2O2/c1-2-20-15(6-8-19-9-7-15)14(18-17)11-12-4-3-5-13(16)10-12/h3-5,10,14,18H,2,6-9,11,17H2,1H3. The molecule has 4 nitrogen and oxygen atoms in total. The number of hydrazine groups is 1. The van der Waals surface area contributed by atoms with Crippen molar-refractivity contribution in [2.75, 3.05) is 19.8 Å². The normalized spacial score (nSPS) is 19.8. The molecule has 0 bridgehead atoms. The van der Waals surface area contributed by atoms with Gasteiger partial charge in [-0.05, 0) is 31.0 Å². The van der Waals surface area contributed by atoms with Crippen LogP contribution in [0, 0.1) is 5.82 Å². The van der Waals surface area contributed by atoms with Gasteiger partial charge in [0.05, 0.1) is 11.6 Å². The molecule has 1 fully saturated rings. The Morgan fingerprint density at radius 2 is 2.20 bits per heavy atom. The Morgan fingerprint density at radius 3 is 2.80 bits per heavy atom. The Kier molecular flexibility index (Phi) is 5.48. The molecule has 20 heavy (non-hydrogen) atoms. The zero-order valence-corrected chi connectivity index (χ0v) is 11.9. The van der Waals surface area contributed by atoms with Crippen LogP contribution in [0.15, 0.2) is 24.3 Å². The fraction of sp³-hybridized carbons (Fsp3) is 0.600. The molecule has 1 aromatic rings. The van der Waals surface area contributed by atoms with Crippen molar-refractivity contribution in [3.8, 4) is 0 Å². The molecule has 1 heterocycles. The van der Waals surface area contributed by atoms with E-state index in [4.69, 9.17) is 15.3 Å². The largest absolute Gasteiger partial charge is 0.381 e. The summed E-state index contributed by atoms with van der Waals surface area (Å²) in [6, 6.07) is 6.56. The molecule has 1 aromatic carbocycles. The van der Waals surface area contributed by atoms with E-state index >= 15 is 0 Å². The van der Waals surface area contributed by atoms with Gasteiger partial charge < -0.3 is 9.47 Å². The highest BCUT2D eigenvalue weighted by molar-refractivity contribution is 5.18. The second kappa shape index (κ2) is 7.13. The van der Waals surface area contributed by atoms with E-state index in [1.165, 1.54) is 6.07 Å². The van der Waals surface area contributed by atoms with Gasteiger partial charge in [-0.2, -0.15) is 0 Å². The molecule has 0 aromatic heterocycles. The Bertz CT molecular complexity index is 417. The summed E-state index contributed by atoms with van der Waals surface area (Å²) >= 11 is 0. The average molecular weight is 282 g/mol. The predicted octanol–water partition coefficient (Wildman–Crippen LogP) is 1.79. The minimum Gasteiger partial charge on any atom is -0.381 e. The van der Waals surface area contributed by atoms with Crippen molar-refractivity contribution in [3.63, 3.8) is 0 Å². The third kappa shape index (κ3) is 3.55. The van der Waals surface area contributed by atoms with E-state index in [2.05, 4.69) is 5.43 Å². The van der Waals surface area contributed by atoms with E-state index in [0.29, 0.717) is 26.2 Å². The molecule has 0 aliphatic carbocycles. The van der Waals surface area contributed by atoms with E-state index in [-0.39, 0.29) is 17.5 Å². The molecular weight excluding hydrogens is 259 g/mol. The Hall–Kier alpha value is -1.01. The van der Waals surface area contributed by atoms with Crippen molar-refractivity contribution in [2.45, 2.75) is 37.8 Å². The number of benzene rings is 1. The minimum absolute atomic E-state index is 0.0619. The first-order valence-corrected chi connectivity index (χ1v) is 7.12. The van der Waals surface area contributed by atoms with E-state index in [1.807, 2.05) is 13.0 Å². The summed E-state index contributed by atoms with van der Waals surface area (Å²) in [5.74, 6) is 5.51. The number of nitrogens with two attached hydrogens (primary N) is 1. The van der Waals surface area contributed by atoms with Gasteiger partial charge in [-0.3, -0.25) is 11.3 Å². The molecule has 0 radical (unpaired) electrons. The highest BCUT2D eigenvalue weighted by Gasteiger charge is 2.40. The molecule has 5 heteroatoms. The number of nitrogens with one attached hydrogen (secondary N) is 1. The Morgan fingerprint density at radius 1 is 1.45 bits per heavy atom. The number of hydrogen-bond acceptors (Lipinski definition) is 4. The summed E-state index contributed by atoms with van der Waals surface area (Å²) in [6.45, 7) is 3.94. The summed E-state index contributed by atoms with van der Waals surface area (Å²) in [7, 11) is 0. The van der Waals surface area contributed by atoms with Gasteiger partial charge in [0.2, 0.25) is 0 Å². The minimum atomic E-state index is -0.339. The molecule has 1 saturated heterocycles. The van der Waals surface area contributed by atoms with Crippen LogP contribution in [0.25, 0.3) is 0 Å². The van der Waals surface area contributed by atoms with Crippen LogP contribution in [0.3, 0.4) is 0 Å². The lowest BCUT2D eigenvalue weighted by atomic mass is 9.83. The highest BCUT2D eigenvalue weighted by Crippen LogP contribution is 2.30. The first-order valence-electron chi connectivity index (χ1n) is 7.12. The van der Waals surface area contributed by atoms with Crippen LogP contribution in [0.2, 0.25) is 0 Å². The molecule has 1 unspecified atom stereocenters. The number of rotatable bonds is 6.